The molecule has 0 bridgehead atoms. The van der Waals surface area contributed by atoms with E-state index >= 15 is 0 Å². The molecule has 2 aromatic rings. The number of nitrogens with two attached hydrogens (primary N) is 1. The van der Waals surface area contributed by atoms with Crippen LogP contribution in [-0.4, -0.2) is 27.5 Å². The molecule has 0 fully saturated rings. The van der Waals surface area contributed by atoms with Gasteiger partial charge in [0.05, 0.1) is 6.10 Å². The Balaban J connectivity index is 2.53. The fourth-order valence-electron chi connectivity index (χ4n) is 2.13. The average Bonchev–Trinajstić information content (AvgIpc) is 2.40. The first-order valence-corrected chi connectivity index (χ1v) is 6.46. The number of phenolic OH excluding ortho intramolecular Hbond substituents is 1. The Morgan fingerprint density at radius 1 is 1.30 bits per heavy atom. The number of aromatic hydroxyl groups is 1. The van der Waals surface area contributed by atoms with Crippen LogP contribution in [0.4, 0.5) is 0 Å². The summed E-state index contributed by atoms with van der Waals surface area (Å²) in [6.07, 6.45) is -0.752. The summed E-state index contributed by atoms with van der Waals surface area (Å²) in [6, 6.07) is 6.19. The Kier molecular flexibility index (Phi) is 3.96. The van der Waals surface area contributed by atoms with Crippen LogP contribution in [0.2, 0.25) is 0 Å². The van der Waals surface area contributed by atoms with Gasteiger partial charge in [-0.1, -0.05) is 19.9 Å². The van der Waals surface area contributed by atoms with E-state index in [1.807, 2.05) is 13.8 Å². The molecule has 108 valence electrons. The Bertz CT molecular complexity index is 679. The molecule has 0 spiro atoms. The molecule has 5 N–H and O–H groups in total. The molecule has 1 aromatic carbocycles. The number of aromatic nitrogens is 1. The summed E-state index contributed by atoms with van der Waals surface area (Å²) in [5.41, 5.74) is 0.420. The Labute approximate surface area is 116 Å². The van der Waals surface area contributed by atoms with Gasteiger partial charge in [0.25, 0.3) is 5.56 Å². The van der Waals surface area contributed by atoms with Crippen molar-refractivity contribution in [3.8, 4) is 5.75 Å². The Hall–Kier alpha value is -2.05. The molecule has 6 heteroatoms. The maximum absolute atomic E-state index is 11.5. The number of nitrogens with one attached hydrogen (secondary N) is 1. The second-order valence-corrected chi connectivity index (χ2v) is 5.06. The molecule has 1 atom stereocenters. The van der Waals surface area contributed by atoms with E-state index in [1.165, 1.54) is 12.1 Å². The molecule has 0 saturated carbocycles. The summed E-state index contributed by atoms with van der Waals surface area (Å²) in [5, 5.41) is 23.8. The Morgan fingerprint density at radius 2 is 2.00 bits per heavy atom. The number of phenols is 1. The predicted octanol–water partition coefficient (Wildman–Crippen LogP) is 0.452. The molecule has 0 radical (unpaired) electrons. The molecule has 6 nitrogen and oxygen atoms in total. The Morgan fingerprint density at radius 3 is 2.65 bits per heavy atom. The lowest BCUT2D eigenvalue weighted by molar-refractivity contribution is 0.173. The van der Waals surface area contributed by atoms with Crippen LogP contribution >= 0.6 is 0 Å². The van der Waals surface area contributed by atoms with Gasteiger partial charge in [-0.15, -0.1) is 0 Å². The first-order valence-electron chi connectivity index (χ1n) is 6.46. The number of pyridine rings is 1. The first kappa shape index (κ1) is 14.4. The van der Waals surface area contributed by atoms with Crippen LogP contribution in [0.3, 0.4) is 0 Å². The number of benzene rings is 1. The third kappa shape index (κ3) is 2.61. The maximum Gasteiger partial charge on any atom is 0.269 e. The van der Waals surface area contributed by atoms with Crippen molar-refractivity contribution in [2.45, 2.75) is 26.0 Å². The fraction of sp³-hybridized carbons (Fsp3) is 0.357. The third-order valence-electron chi connectivity index (χ3n) is 3.18. The smallest absolute Gasteiger partial charge is 0.269 e. The number of fused-ring (bicyclic) bond motifs is 1. The molecule has 1 aromatic heterocycles. The molecule has 0 saturated heterocycles. The highest BCUT2D eigenvalue weighted by molar-refractivity contribution is 5.88. The zero-order chi connectivity index (χ0) is 14.9. The molecule has 1 unspecified atom stereocenters. The minimum atomic E-state index is -0.752. The van der Waals surface area contributed by atoms with Crippen LogP contribution in [-0.2, 0) is 0 Å². The van der Waals surface area contributed by atoms with Gasteiger partial charge in [0.1, 0.15) is 11.3 Å². The van der Waals surface area contributed by atoms with Crippen molar-refractivity contribution < 1.29 is 10.2 Å². The van der Waals surface area contributed by atoms with Gasteiger partial charge >= 0.3 is 0 Å². The number of rotatable bonds is 4. The highest BCUT2D eigenvalue weighted by Crippen LogP contribution is 2.29. The summed E-state index contributed by atoms with van der Waals surface area (Å²) in [6.45, 7) is 4.35. The van der Waals surface area contributed by atoms with Gasteiger partial charge in [-0.2, -0.15) is 0 Å². The number of nitrogen functional groups attached to an aromatic ring is 1. The van der Waals surface area contributed by atoms with Crippen molar-refractivity contribution in [3.63, 3.8) is 0 Å². The van der Waals surface area contributed by atoms with E-state index in [1.54, 1.807) is 12.1 Å². The summed E-state index contributed by atoms with van der Waals surface area (Å²) in [4.78, 5) is 11.5. The molecule has 1 heterocycles. The van der Waals surface area contributed by atoms with Gasteiger partial charge in [-0.25, -0.2) is 4.68 Å². The van der Waals surface area contributed by atoms with Gasteiger partial charge in [0, 0.05) is 24.0 Å². The van der Waals surface area contributed by atoms with E-state index in [-0.39, 0.29) is 17.3 Å². The van der Waals surface area contributed by atoms with Crippen LogP contribution < -0.4 is 16.7 Å². The molecule has 0 aliphatic heterocycles. The van der Waals surface area contributed by atoms with Crippen molar-refractivity contribution in [2.75, 3.05) is 12.4 Å². The molecule has 20 heavy (non-hydrogen) atoms. The second-order valence-electron chi connectivity index (χ2n) is 5.06. The van der Waals surface area contributed by atoms with E-state index in [2.05, 4.69) is 5.32 Å². The van der Waals surface area contributed by atoms with E-state index in [9.17, 15) is 15.0 Å². The summed E-state index contributed by atoms with van der Waals surface area (Å²) < 4.78 is 0.886. The lowest BCUT2D eigenvalue weighted by atomic mass is 10.0. The number of nitrogens with zero attached hydrogens (tertiary/aromatic N) is 1. The van der Waals surface area contributed by atoms with Crippen molar-refractivity contribution in [1.29, 1.82) is 0 Å². The zero-order valence-corrected chi connectivity index (χ0v) is 11.5. The van der Waals surface area contributed by atoms with Crippen molar-refractivity contribution in [3.05, 3.63) is 40.2 Å². The normalized spacial score (nSPS) is 13.0. The number of aliphatic hydroxyl groups excluding tert-OH is 1. The third-order valence-corrected chi connectivity index (χ3v) is 3.18. The summed E-state index contributed by atoms with van der Waals surface area (Å²) in [7, 11) is 0. The monoisotopic (exact) mass is 277 g/mol. The highest BCUT2D eigenvalue weighted by atomic mass is 16.3. The average molecular weight is 277 g/mol. The van der Waals surface area contributed by atoms with Crippen molar-refractivity contribution in [2.24, 2.45) is 0 Å². The van der Waals surface area contributed by atoms with Gasteiger partial charge < -0.3 is 21.4 Å². The number of hydrogen-bond donors (Lipinski definition) is 4. The van der Waals surface area contributed by atoms with Gasteiger partial charge in [-0.05, 0) is 17.7 Å². The largest absolute Gasteiger partial charge is 0.506 e. The van der Waals surface area contributed by atoms with Crippen molar-refractivity contribution in [1.82, 2.24) is 9.99 Å². The lowest BCUT2D eigenvalue weighted by Crippen LogP contribution is -2.29. The van der Waals surface area contributed by atoms with E-state index in [0.29, 0.717) is 17.5 Å². The molecular formula is C14H19N3O3. The fourth-order valence-corrected chi connectivity index (χ4v) is 2.13. The lowest BCUT2D eigenvalue weighted by Gasteiger charge is -2.17. The van der Waals surface area contributed by atoms with Gasteiger partial charge in [-0.3, -0.25) is 4.79 Å². The minimum absolute atomic E-state index is 0.0898. The number of aliphatic hydroxyl groups is 1. The van der Waals surface area contributed by atoms with Crippen LogP contribution in [0.5, 0.6) is 5.75 Å². The van der Waals surface area contributed by atoms with E-state index < -0.39 is 11.7 Å². The molecule has 0 aliphatic rings. The van der Waals surface area contributed by atoms with Crippen LogP contribution in [0.1, 0.15) is 25.5 Å². The SMILES string of the molecule is CC(C)NCC(O)c1ccc(O)c2c1ccc(=O)n2N. The zero-order valence-electron chi connectivity index (χ0n) is 11.5. The second kappa shape index (κ2) is 5.52. The van der Waals surface area contributed by atoms with Crippen LogP contribution in [0, 0.1) is 0 Å². The highest BCUT2D eigenvalue weighted by Gasteiger charge is 2.15. The minimum Gasteiger partial charge on any atom is -0.506 e. The molecule has 0 aliphatic carbocycles. The van der Waals surface area contributed by atoms with Gasteiger partial charge in [0.15, 0.2) is 0 Å². The first-order chi connectivity index (χ1) is 9.41. The quantitative estimate of drug-likeness (QED) is 0.608. The van der Waals surface area contributed by atoms with Crippen LogP contribution in [0.15, 0.2) is 29.1 Å². The molecular weight excluding hydrogens is 258 g/mol. The van der Waals surface area contributed by atoms with E-state index in [0.717, 1.165) is 4.68 Å². The summed E-state index contributed by atoms with van der Waals surface area (Å²) >= 11 is 0. The van der Waals surface area contributed by atoms with Crippen LogP contribution in [0.25, 0.3) is 10.9 Å². The van der Waals surface area contributed by atoms with E-state index in [4.69, 9.17) is 5.84 Å². The molecule has 2 rings (SSSR count). The maximum atomic E-state index is 11.5. The standard InChI is InChI=1S/C14H19N3O3/c1-8(2)16-7-12(19)9-3-5-11(18)14-10(9)4-6-13(20)17(14)15/h3-6,8,12,16,18-19H,7,15H2,1-2H3. The molecule has 0 amide bonds. The summed E-state index contributed by atoms with van der Waals surface area (Å²) in [5.74, 6) is 5.57. The van der Waals surface area contributed by atoms with Gasteiger partial charge in [0.2, 0.25) is 0 Å². The number of hydrogen-bond acceptors (Lipinski definition) is 5. The predicted molar refractivity (Wildman–Crippen MR) is 78.1 cm³/mol. The topological polar surface area (TPSA) is 101 Å². The van der Waals surface area contributed by atoms with Crippen molar-refractivity contribution >= 4 is 10.9 Å².